The second-order valence-electron chi connectivity index (χ2n) is 3.98. The van der Waals surface area contributed by atoms with Crippen LogP contribution in [0.2, 0.25) is 5.02 Å². The van der Waals surface area contributed by atoms with Gasteiger partial charge in [-0.15, -0.1) is 0 Å². The summed E-state index contributed by atoms with van der Waals surface area (Å²) in [5.74, 6) is 0.175. The monoisotopic (exact) mass is 215 g/mol. The van der Waals surface area contributed by atoms with E-state index in [1.54, 1.807) is 0 Å². The Balaban J connectivity index is 2.47. The van der Waals surface area contributed by atoms with Crippen LogP contribution in [0.25, 0.3) is 0 Å². The topological polar surface area (TPSA) is 21.3 Å². The van der Waals surface area contributed by atoms with Crippen molar-refractivity contribution >= 4 is 17.3 Å². The van der Waals surface area contributed by atoms with Crippen molar-refractivity contribution in [1.29, 1.82) is 0 Å². The highest BCUT2D eigenvalue weighted by Crippen LogP contribution is 2.39. The molecule has 0 atom stereocenters. The number of ether oxygens (including phenoxy) is 1. The van der Waals surface area contributed by atoms with Crippen LogP contribution in [0.5, 0.6) is 5.75 Å². The Hall–Kier alpha value is -0.960. The zero-order valence-corrected chi connectivity index (χ0v) is 8.78. The van der Waals surface area contributed by atoms with Crippen molar-refractivity contribution in [1.82, 2.24) is 0 Å². The lowest BCUT2D eigenvalue weighted by atomic mass is 10.1. The second kappa shape index (κ2) is 3.02. The van der Waals surface area contributed by atoms with Crippen molar-refractivity contribution in [2.75, 3.05) is 11.9 Å². The Morgan fingerprint density at radius 3 is 2.93 bits per heavy atom. The van der Waals surface area contributed by atoms with Gasteiger partial charge in [-0.25, -0.2) is 4.39 Å². The van der Waals surface area contributed by atoms with Gasteiger partial charge in [0.25, 0.3) is 0 Å². The van der Waals surface area contributed by atoms with Crippen LogP contribution in [0.1, 0.15) is 13.8 Å². The van der Waals surface area contributed by atoms with E-state index in [2.05, 4.69) is 5.32 Å². The maximum absolute atomic E-state index is 13.0. The molecule has 4 heteroatoms. The molecule has 1 aromatic carbocycles. The molecule has 0 fully saturated rings. The van der Waals surface area contributed by atoms with Gasteiger partial charge in [-0.3, -0.25) is 0 Å². The van der Waals surface area contributed by atoms with Crippen LogP contribution in [0.15, 0.2) is 12.1 Å². The Bertz CT molecular complexity index is 379. The molecule has 1 aliphatic heterocycles. The average molecular weight is 216 g/mol. The lowest BCUT2D eigenvalue weighted by molar-refractivity contribution is 0.116. The Morgan fingerprint density at radius 1 is 1.50 bits per heavy atom. The lowest BCUT2D eigenvalue weighted by Crippen LogP contribution is -2.40. The molecule has 0 spiro atoms. The third-order valence-electron chi connectivity index (χ3n) is 2.09. The van der Waals surface area contributed by atoms with Crippen LogP contribution in [0.3, 0.4) is 0 Å². The molecule has 0 saturated heterocycles. The molecular formula is C10H11ClFNO. The number of hydrogen-bond acceptors (Lipinski definition) is 2. The molecule has 1 heterocycles. The molecule has 0 aliphatic carbocycles. The normalized spacial score (nSPS) is 18.0. The van der Waals surface area contributed by atoms with Crippen LogP contribution in [-0.2, 0) is 0 Å². The SMILES string of the molecule is CC1(C)CNc2cc(F)cc(Cl)c2O1. The van der Waals surface area contributed by atoms with Gasteiger partial charge in [-0.05, 0) is 19.9 Å². The highest BCUT2D eigenvalue weighted by molar-refractivity contribution is 6.32. The maximum atomic E-state index is 13.0. The smallest absolute Gasteiger partial charge is 0.162 e. The molecule has 0 saturated carbocycles. The molecule has 1 N–H and O–H groups in total. The van der Waals surface area contributed by atoms with Crippen LogP contribution in [0.4, 0.5) is 10.1 Å². The molecule has 0 radical (unpaired) electrons. The minimum Gasteiger partial charge on any atom is -0.482 e. The number of rotatable bonds is 0. The zero-order chi connectivity index (χ0) is 10.3. The third kappa shape index (κ3) is 1.64. The van der Waals surface area contributed by atoms with E-state index in [9.17, 15) is 4.39 Å². The van der Waals surface area contributed by atoms with Gasteiger partial charge in [0.2, 0.25) is 0 Å². The summed E-state index contributed by atoms with van der Waals surface area (Å²) >= 11 is 5.87. The Morgan fingerprint density at radius 2 is 2.21 bits per heavy atom. The van der Waals surface area contributed by atoms with Gasteiger partial charge >= 0.3 is 0 Å². The number of hydrogen-bond donors (Lipinski definition) is 1. The fourth-order valence-corrected chi connectivity index (χ4v) is 1.66. The van der Waals surface area contributed by atoms with E-state index in [1.807, 2.05) is 13.8 Å². The predicted molar refractivity (Wildman–Crippen MR) is 54.6 cm³/mol. The van der Waals surface area contributed by atoms with Crippen LogP contribution in [-0.4, -0.2) is 12.1 Å². The van der Waals surface area contributed by atoms with Gasteiger partial charge < -0.3 is 10.1 Å². The summed E-state index contributed by atoms with van der Waals surface area (Å²) in [6, 6.07) is 2.64. The summed E-state index contributed by atoms with van der Waals surface area (Å²) < 4.78 is 18.6. The first-order valence-corrected chi connectivity index (χ1v) is 4.78. The van der Waals surface area contributed by atoms with Crippen LogP contribution < -0.4 is 10.1 Å². The molecule has 0 unspecified atom stereocenters. The largest absolute Gasteiger partial charge is 0.482 e. The standard InChI is InChI=1S/C10H11ClFNO/c1-10(2)5-13-8-4-6(12)3-7(11)9(8)14-10/h3-4,13H,5H2,1-2H3. The summed E-state index contributed by atoms with van der Waals surface area (Å²) in [6.45, 7) is 4.53. The van der Waals surface area contributed by atoms with E-state index < -0.39 is 0 Å². The lowest BCUT2D eigenvalue weighted by Gasteiger charge is -2.33. The fourth-order valence-electron chi connectivity index (χ4n) is 1.42. The first-order chi connectivity index (χ1) is 6.48. The molecule has 0 aromatic heterocycles. The van der Waals surface area contributed by atoms with Crippen molar-refractivity contribution in [3.05, 3.63) is 23.0 Å². The minimum absolute atomic E-state index is 0.306. The summed E-state index contributed by atoms with van der Waals surface area (Å²) in [5, 5.41) is 3.39. The summed E-state index contributed by atoms with van der Waals surface area (Å²) in [6.07, 6.45) is 0. The van der Waals surface area contributed by atoms with Crippen molar-refractivity contribution in [3.8, 4) is 5.75 Å². The van der Waals surface area contributed by atoms with Crippen LogP contribution in [0, 0.1) is 5.82 Å². The highest BCUT2D eigenvalue weighted by Gasteiger charge is 2.28. The van der Waals surface area contributed by atoms with Gasteiger partial charge in [0.1, 0.15) is 11.4 Å². The minimum atomic E-state index is -0.357. The predicted octanol–water partition coefficient (Wildman–Crippen LogP) is 3.06. The van der Waals surface area contributed by atoms with Crippen molar-refractivity contribution in [3.63, 3.8) is 0 Å². The second-order valence-corrected chi connectivity index (χ2v) is 4.39. The molecule has 76 valence electrons. The average Bonchev–Trinajstić information content (AvgIpc) is 2.06. The van der Waals surface area contributed by atoms with E-state index in [-0.39, 0.29) is 11.4 Å². The van der Waals surface area contributed by atoms with Crippen molar-refractivity contribution < 1.29 is 9.13 Å². The third-order valence-corrected chi connectivity index (χ3v) is 2.37. The van der Waals surface area contributed by atoms with E-state index >= 15 is 0 Å². The van der Waals surface area contributed by atoms with E-state index in [1.165, 1.54) is 12.1 Å². The van der Waals surface area contributed by atoms with Gasteiger partial charge in [0.05, 0.1) is 17.3 Å². The summed E-state index contributed by atoms with van der Waals surface area (Å²) in [7, 11) is 0. The van der Waals surface area contributed by atoms with Crippen LogP contribution >= 0.6 is 11.6 Å². The molecule has 0 amide bonds. The Labute approximate surface area is 87.0 Å². The molecule has 14 heavy (non-hydrogen) atoms. The van der Waals surface area contributed by atoms with E-state index in [0.717, 1.165) is 0 Å². The first-order valence-electron chi connectivity index (χ1n) is 4.40. The maximum Gasteiger partial charge on any atom is 0.162 e. The van der Waals surface area contributed by atoms with Gasteiger partial charge in [0.15, 0.2) is 5.75 Å². The molecule has 1 aromatic rings. The molecule has 2 nitrogen and oxygen atoms in total. The summed E-state index contributed by atoms with van der Waals surface area (Å²) in [4.78, 5) is 0. The number of nitrogens with one attached hydrogen (secondary N) is 1. The van der Waals surface area contributed by atoms with Gasteiger partial charge in [-0.1, -0.05) is 11.6 Å². The van der Waals surface area contributed by atoms with Gasteiger partial charge in [-0.2, -0.15) is 0 Å². The number of benzene rings is 1. The molecular weight excluding hydrogens is 205 g/mol. The summed E-state index contributed by atoms with van der Waals surface area (Å²) in [5.41, 5.74) is 0.309. The molecule has 1 aliphatic rings. The number of fused-ring (bicyclic) bond motifs is 1. The Kier molecular flexibility index (Phi) is 2.07. The van der Waals surface area contributed by atoms with E-state index in [4.69, 9.17) is 16.3 Å². The van der Waals surface area contributed by atoms with E-state index in [0.29, 0.717) is 23.0 Å². The number of anilines is 1. The van der Waals surface area contributed by atoms with Crippen molar-refractivity contribution in [2.45, 2.75) is 19.4 Å². The highest BCUT2D eigenvalue weighted by atomic mass is 35.5. The molecule has 0 bridgehead atoms. The fraction of sp³-hybridized carbons (Fsp3) is 0.400. The number of halogens is 2. The van der Waals surface area contributed by atoms with Crippen molar-refractivity contribution in [2.24, 2.45) is 0 Å². The quantitative estimate of drug-likeness (QED) is 0.718. The molecule has 2 rings (SSSR count). The first kappa shape index (κ1) is 9.59. The van der Waals surface area contributed by atoms with Gasteiger partial charge in [0, 0.05) is 6.07 Å². The zero-order valence-electron chi connectivity index (χ0n) is 8.03.